The Balaban J connectivity index is 2.79. The van der Waals surface area contributed by atoms with Gasteiger partial charge < -0.3 is 9.84 Å². The van der Waals surface area contributed by atoms with Crippen LogP contribution in [0.25, 0.3) is 0 Å². The third-order valence-corrected chi connectivity index (χ3v) is 4.26. The van der Waals surface area contributed by atoms with Gasteiger partial charge in [0.1, 0.15) is 11.4 Å². The molecule has 0 aliphatic carbocycles. The second kappa shape index (κ2) is 7.06. The van der Waals surface area contributed by atoms with Crippen LogP contribution in [0.4, 0.5) is 0 Å². The van der Waals surface area contributed by atoms with Crippen LogP contribution in [0.1, 0.15) is 33.6 Å². The summed E-state index contributed by atoms with van der Waals surface area (Å²) in [6.07, 6.45) is 1.25. The molecule has 0 fully saturated rings. The third-order valence-electron chi connectivity index (χ3n) is 2.78. The largest absolute Gasteiger partial charge is 0.488 e. The van der Waals surface area contributed by atoms with E-state index in [2.05, 4.69) is 4.72 Å². The number of hydrogen-bond donors (Lipinski definition) is 2. The second-order valence-electron chi connectivity index (χ2n) is 5.20. The Labute approximate surface area is 121 Å². The number of ether oxygens (including phenoxy) is 1. The van der Waals surface area contributed by atoms with Gasteiger partial charge >= 0.3 is 0 Å². The van der Waals surface area contributed by atoms with Gasteiger partial charge in [0.25, 0.3) is 0 Å². The summed E-state index contributed by atoms with van der Waals surface area (Å²) in [5.74, 6) is 0.581. The van der Waals surface area contributed by atoms with E-state index in [4.69, 9.17) is 9.84 Å². The molecule has 0 aliphatic heterocycles. The van der Waals surface area contributed by atoms with Crippen molar-refractivity contribution in [3.8, 4) is 5.75 Å². The fourth-order valence-corrected chi connectivity index (χ4v) is 2.78. The summed E-state index contributed by atoms with van der Waals surface area (Å²) in [6.45, 7) is 6.11. The predicted octanol–water partition coefficient (Wildman–Crippen LogP) is 1.91. The van der Waals surface area contributed by atoms with Crippen molar-refractivity contribution in [2.75, 3.05) is 13.2 Å². The maximum absolute atomic E-state index is 11.9. The molecular weight excluding hydrogens is 278 g/mol. The summed E-state index contributed by atoms with van der Waals surface area (Å²) in [7, 11) is -3.44. The molecular formula is C14H23NO4S. The SMILES string of the molecule is CCCNS(=O)(=O)c1ccc(OC(C)(C)CCO)cc1. The molecule has 0 saturated heterocycles. The number of hydrogen-bond acceptors (Lipinski definition) is 4. The van der Waals surface area contributed by atoms with E-state index in [1.807, 2.05) is 20.8 Å². The number of sulfonamides is 1. The molecule has 2 N–H and O–H groups in total. The van der Waals surface area contributed by atoms with Crippen molar-refractivity contribution in [1.29, 1.82) is 0 Å². The molecule has 0 radical (unpaired) electrons. The van der Waals surface area contributed by atoms with Crippen molar-refractivity contribution in [2.45, 2.75) is 44.1 Å². The zero-order valence-electron chi connectivity index (χ0n) is 12.2. The summed E-state index contributed by atoms with van der Waals surface area (Å²) in [5.41, 5.74) is -0.490. The van der Waals surface area contributed by atoms with Crippen LogP contribution in [0, 0.1) is 0 Å². The van der Waals surface area contributed by atoms with Gasteiger partial charge in [-0.2, -0.15) is 0 Å². The smallest absolute Gasteiger partial charge is 0.240 e. The normalized spacial score (nSPS) is 12.4. The second-order valence-corrected chi connectivity index (χ2v) is 6.97. The number of rotatable bonds is 8. The van der Waals surface area contributed by atoms with E-state index >= 15 is 0 Å². The van der Waals surface area contributed by atoms with Crippen molar-refractivity contribution in [3.05, 3.63) is 24.3 Å². The summed E-state index contributed by atoms with van der Waals surface area (Å²) >= 11 is 0. The van der Waals surface area contributed by atoms with E-state index in [1.54, 1.807) is 12.1 Å². The fourth-order valence-electron chi connectivity index (χ4n) is 1.65. The van der Waals surface area contributed by atoms with Gasteiger partial charge in [-0.15, -0.1) is 0 Å². The molecule has 0 unspecified atom stereocenters. The van der Waals surface area contributed by atoms with E-state index in [0.717, 1.165) is 6.42 Å². The lowest BCUT2D eigenvalue weighted by Crippen LogP contribution is -2.29. The van der Waals surface area contributed by atoms with Gasteiger partial charge in [-0.3, -0.25) is 0 Å². The maximum atomic E-state index is 11.9. The molecule has 0 aliphatic rings. The minimum atomic E-state index is -3.44. The van der Waals surface area contributed by atoms with Crippen LogP contribution in [-0.2, 0) is 10.0 Å². The highest BCUT2D eigenvalue weighted by Crippen LogP contribution is 2.22. The first-order chi connectivity index (χ1) is 9.30. The minimum absolute atomic E-state index is 0.0421. The lowest BCUT2D eigenvalue weighted by Gasteiger charge is -2.25. The summed E-state index contributed by atoms with van der Waals surface area (Å²) in [6, 6.07) is 6.28. The Bertz CT molecular complexity index is 508. The van der Waals surface area contributed by atoms with Gasteiger partial charge in [0.15, 0.2) is 0 Å². The van der Waals surface area contributed by atoms with E-state index < -0.39 is 15.6 Å². The molecule has 1 rings (SSSR count). The van der Waals surface area contributed by atoms with Gasteiger partial charge in [0, 0.05) is 19.6 Å². The highest BCUT2D eigenvalue weighted by atomic mass is 32.2. The fraction of sp³-hybridized carbons (Fsp3) is 0.571. The van der Waals surface area contributed by atoms with Crippen molar-refractivity contribution in [3.63, 3.8) is 0 Å². The van der Waals surface area contributed by atoms with Crippen LogP contribution < -0.4 is 9.46 Å². The molecule has 0 aromatic heterocycles. The molecule has 1 aromatic carbocycles. The van der Waals surface area contributed by atoms with Crippen LogP contribution >= 0.6 is 0 Å². The molecule has 5 nitrogen and oxygen atoms in total. The molecule has 114 valence electrons. The maximum Gasteiger partial charge on any atom is 0.240 e. The van der Waals surface area contributed by atoms with E-state index in [-0.39, 0.29) is 11.5 Å². The van der Waals surface area contributed by atoms with Gasteiger partial charge in [-0.05, 0) is 44.5 Å². The Hall–Kier alpha value is -1.11. The Morgan fingerprint density at radius 2 is 1.85 bits per heavy atom. The average Bonchev–Trinajstić information content (AvgIpc) is 2.36. The molecule has 0 saturated carbocycles. The number of nitrogens with one attached hydrogen (secondary N) is 1. The third kappa shape index (κ3) is 5.11. The Morgan fingerprint density at radius 3 is 2.35 bits per heavy atom. The average molecular weight is 301 g/mol. The van der Waals surface area contributed by atoms with Crippen LogP contribution in [0.2, 0.25) is 0 Å². The van der Waals surface area contributed by atoms with Gasteiger partial charge in [-0.25, -0.2) is 13.1 Å². The van der Waals surface area contributed by atoms with E-state index in [0.29, 0.717) is 18.7 Å². The topological polar surface area (TPSA) is 75.6 Å². The molecule has 20 heavy (non-hydrogen) atoms. The molecule has 0 heterocycles. The molecule has 1 aromatic rings. The van der Waals surface area contributed by atoms with Crippen LogP contribution in [0.15, 0.2) is 29.2 Å². The first-order valence-corrected chi connectivity index (χ1v) is 8.18. The lowest BCUT2D eigenvalue weighted by atomic mass is 10.1. The van der Waals surface area contributed by atoms with E-state index in [1.165, 1.54) is 12.1 Å². The van der Waals surface area contributed by atoms with E-state index in [9.17, 15) is 8.42 Å². The van der Waals surface area contributed by atoms with Crippen LogP contribution in [-0.4, -0.2) is 32.3 Å². The molecule has 0 spiro atoms. The summed E-state index contributed by atoms with van der Waals surface area (Å²) in [4.78, 5) is 0.221. The van der Waals surface area contributed by atoms with Crippen molar-refractivity contribution in [1.82, 2.24) is 4.72 Å². The van der Waals surface area contributed by atoms with Gasteiger partial charge in [-0.1, -0.05) is 6.92 Å². The zero-order chi connectivity index (χ0) is 15.2. The first kappa shape index (κ1) is 16.9. The number of aliphatic hydroxyl groups excluding tert-OH is 1. The Kier molecular flexibility index (Phi) is 5.98. The van der Waals surface area contributed by atoms with Crippen molar-refractivity contribution in [2.24, 2.45) is 0 Å². The summed E-state index contributed by atoms with van der Waals surface area (Å²) < 4.78 is 32.0. The molecule has 0 atom stereocenters. The van der Waals surface area contributed by atoms with Crippen LogP contribution in [0.5, 0.6) is 5.75 Å². The predicted molar refractivity (Wildman–Crippen MR) is 78.3 cm³/mol. The lowest BCUT2D eigenvalue weighted by molar-refractivity contribution is 0.0764. The Morgan fingerprint density at radius 1 is 1.25 bits per heavy atom. The zero-order valence-corrected chi connectivity index (χ0v) is 13.0. The molecule has 6 heteroatoms. The van der Waals surface area contributed by atoms with Gasteiger partial charge in [0.05, 0.1) is 4.90 Å². The van der Waals surface area contributed by atoms with Crippen LogP contribution in [0.3, 0.4) is 0 Å². The monoisotopic (exact) mass is 301 g/mol. The highest BCUT2D eigenvalue weighted by molar-refractivity contribution is 7.89. The van der Waals surface area contributed by atoms with Crippen molar-refractivity contribution >= 4 is 10.0 Å². The molecule has 0 bridgehead atoms. The highest BCUT2D eigenvalue weighted by Gasteiger charge is 2.19. The number of aliphatic hydroxyl groups is 1. The number of benzene rings is 1. The van der Waals surface area contributed by atoms with Crippen molar-refractivity contribution < 1.29 is 18.3 Å². The summed E-state index contributed by atoms with van der Waals surface area (Å²) in [5, 5.41) is 8.95. The van der Waals surface area contributed by atoms with Gasteiger partial charge in [0.2, 0.25) is 10.0 Å². The quantitative estimate of drug-likeness (QED) is 0.769. The standard InChI is InChI=1S/C14H23NO4S/c1-4-10-15-20(17,18)13-7-5-12(6-8-13)19-14(2,3)9-11-16/h5-8,15-16H,4,9-11H2,1-3H3. The minimum Gasteiger partial charge on any atom is -0.488 e. The first-order valence-electron chi connectivity index (χ1n) is 6.70. The molecule has 0 amide bonds.